The monoisotopic (exact) mass is 303 g/mol. The van der Waals surface area contributed by atoms with Crippen molar-refractivity contribution in [2.24, 2.45) is 0 Å². The van der Waals surface area contributed by atoms with Gasteiger partial charge in [-0.3, -0.25) is 4.79 Å². The fraction of sp³-hybridized carbons (Fsp3) is 0.375. The molecule has 0 aliphatic rings. The molecule has 1 heterocycles. The number of carbonyl (C=O) groups is 1. The Morgan fingerprint density at radius 2 is 2.19 bits per heavy atom. The van der Waals surface area contributed by atoms with Crippen molar-refractivity contribution in [3.63, 3.8) is 0 Å². The number of amides is 1. The molecule has 0 saturated carbocycles. The molecule has 4 nitrogen and oxygen atoms in total. The van der Waals surface area contributed by atoms with E-state index in [1.54, 1.807) is 24.3 Å². The van der Waals surface area contributed by atoms with Crippen LogP contribution >= 0.6 is 11.8 Å². The highest BCUT2D eigenvalue weighted by Crippen LogP contribution is 2.15. The van der Waals surface area contributed by atoms with Crippen LogP contribution < -0.4 is 5.32 Å². The van der Waals surface area contributed by atoms with E-state index in [1.807, 2.05) is 41.1 Å². The van der Waals surface area contributed by atoms with Gasteiger partial charge in [0, 0.05) is 18.9 Å². The average molecular weight is 303 g/mol. The summed E-state index contributed by atoms with van der Waals surface area (Å²) in [4.78, 5) is 16.1. The van der Waals surface area contributed by atoms with E-state index in [4.69, 9.17) is 0 Å². The van der Waals surface area contributed by atoms with Gasteiger partial charge in [-0.1, -0.05) is 37.3 Å². The van der Waals surface area contributed by atoms with E-state index < -0.39 is 0 Å². The fourth-order valence-electron chi connectivity index (χ4n) is 2.07. The second-order valence-corrected chi connectivity index (χ2v) is 5.95. The smallest absolute Gasteiger partial charge is 0.230 e. The first-order valence-electron chi connectivity index (χ1n) is 7.17. The maximum Gasteiger partial charge on any atom is 0.230 e. The molecule has 0 fully saturated rings. The second kappa shape index (κ2) is 8.52. The minimum atomic E-state index is -0.0323. The summed E-state index contributed by atoms with van der Waals surface area (Å²) in [6.07, 6.45) is 6.53. The molecule has 0 saturated heterocycles. The van der Waals surface area contributed by atoms with Gasteiger partial charge in [-0.05, 0) is 17.7 Å². The van der Waals surface area contributed by atoms with Crippen molar-refractivity contribution in [3.8, 4) is 0 Å². The van der Waals surface area contributed by atoms with Gasteiger partial charge in [0.15, 0.2) is 0 Å². The van der Waals surface area contributed by atoms with Gasteiger partial charge in [-0.2, -0.15) is 11.8 Å². The van der Waals surface area contributed by atoms with E-state index in [0.29, 0.717) is 12.3 Å². The Kier molecular flexibility index (Phi) is 6.34. The SMILES string of the molecule is CCCSCC(=O)N[C@@H](Cn1ccnc1)c1ccccc1. The van der Waals surface area contributed by atoms with Crippen molar-refractivity contribution in [3.05, 3.63) is 54.6 Å². The van der Waals surface area contributed by atoms with Crippen LogP contribution in [-0.4, -0.2) is 27.0 Å². The second-order valence-electron chi connectivity index (χ2n) is 4.84. The van der Waals surface area contributed by atoms with E-state index >= 15 is 0 Å². The van der Waals surface area contributed by atoms with E-state index in [0.717, 1.165) is 17.7 Å². The van der Waals surface area contributed by atoms with Crippen molar-refractivity contribution < 1.29 is 4.79 Å². The summed E-state index contributed by atoms with van der Waals surface area (Å²) in [5.41, 5.74) is 1.11. The van der Waals surface area contributed by atoms with Crippen molar-refractivity contribution in [1.82, 2.24) is 14.9 Å². The summed E-state index contributed by atoms with van der Waals surface area (Å²) in [5, 5.41) is 3.12. The maximum absolute atomic E-state index is 12.1. The van der Waals surface area contributed by atoms with Crippen LogP contribution in [0.1, 0.15) is 24.9 Å². The lowest BCUT2D eigenvalue weighted by Crippen LogP contribution is -2.32. The Morgan fingerprint density at radius 1 is 1.38 bits per heavy atom. The number of aromatic nitrogens is 2. The van der Waals surface area contributed by atoms with Crippen molar-refractivity contribution in [2.45, 2.75) is 25.9 Å². The third kappa shape index (κ3) is 5.27. The first-order valence-corrected chi connectivity index (χ1v) is 8.33. The first-order chi connectivity index (χ1) is 10.3. The third-order valence-corrected chi connectivity index (χ3v) is 4.23. The van der Waals surface area contributed by atoms with Crippen LogP contribution in [0.5, 0.6) is 0 Å². The molecule has 2 aromatic rings. The van der Waals surface area contributed by atoms with E-state index in [2.05, 4.69) is 17.2 Å². The highest BCUT2D eigenvalue weighted by Gasteiger charge is 2.14. The molecule has 112 valence electrons. The molecule has 1 aromatic heterocycles. The number of imidazole rings is 1. The Labute approximate surface area is 130 Å². The molecule has 0 aliphatic carbocycles. The van der Waals surface area contributed by atoms with Crippen LogP contribution in [0.15, 0.2) is 49.1 Å². The Morgan fingerprint density at radius 3 is 2.86 bits per heavy atom. The number of hydrogen-bond donors (Lipinski definition) is 1. The molecule has 0 unspecified atom stereocenters. The largest absolute Gasteiger partial charge is 0.347 e. The van der Waals surface area contributed by atoms with E-state index in [1.165, 1.54) is 0 Å². The molecule has 1 aromatic carbocycles. The van der Waals surface area contributed by atoms with Gasteiger partial charge in [0.2, 0.25) is 5.91 Å². The standard InChI is InChI=1S/C16H21N3OS/c1-2-10-21-12-16(20)18-15(11-19-9-8-17-13-19)14-6-4-3-5-7-14/h3-9,13,15H,2,10-12H2,1H3,(H,18,20)/t15-/m0/s1. The van der Waals surface area contributed by atoms with Gasteiger partial charge in [0.05, 0.1) is 18.1 Å². The molecule has 0 bridgehead atoms. The molecular formula is C16H21N3OS. The molecule has 1 atom stereocenters. The van der Waals surface area contributed by atoms with Gasteiger partial charge >= 0.3 is 0 Å². The Bertz CT molecular complexity index is 528. The van der Waals surface area contributed by atoms with Gasteiger partial charge in [-0.25, -0.2) is 4.98 Å². The zero-order valence-corrected chi connectivity index (χ0v) is 13.1. The summed E-state index contributed by atoms with van der Waals surface area (Å²) in [6, 6.07) is 10.0. The highest BCUT2D eigenvalue weighted by molar-refractivity contribution is 7.99. The third-order valence-electron chi connectivity index (χ3n) is 3.07. The molecule has 2 rings (SSSR count). The minimum absolute atomic E-state index is 0.0323. The van der Waals surface area contributed by atoms with Gasteiger partial charge in [0.25, 0.3) is 0 Å². The average Bonchev–Trinajstić information content (AvgIpc) is 3.01. The first kappa shape index (κ1) is 15.6. The number of carbonyl (C=O) groups excluding carboxylic acids is 1. The molecular weight excluding hydrogens is 282 g/mol. The van der Waals surface area contributed by atoms with Crippen LogP contribution in [-0.2, 0) is 11.3 Å². The molecule has 0 radical (unpaired) electrons. The van der Waals surface area contributed by atoms with Crippen LogP contribution in [0.2, 0.25) is 0 Å². The van der Waals surface area contributed by atoms with Crippen molar-refractivity contribution in [1.29, 1.82) is 0 Å². The zero-order chi connectivity index (χ0) is 14.9. The van der Waals surface area contributed by atoms with Crippen LogP contribution in [0, 0.1) is 0 Å². The summed E-state index contributed by atoms with van der Waals surface area (Å²) in [7, 11) is 0. The fourth-order valence-corrected chi connectivity index (χ4v) is 2.77. The van der Waals surface area contributed by atoms with Gasteiger partial charge in [-0.15, -0.1) is 0 Å². The lowest BCUT2D eigenvalue weighted by Gasteiger charge is -2.19. The summed E-state index contributed by atoms with van der Waals surface area (Å²) in [6.45, 7) is 2.81. The number of hydrogen-bond acceptors (Lipinski definition) is 3. The van der Waals surface area contributed by atoms with Gasteiger partial charge in [0.1, 0.15) is 0 Å². The summed E-state index contributed by atoms with van der Waals surface area (Å²) < 4.78 is 1.98. The van der Waals surface area contributed by atoms with Crippen LogP contribution in [0.3, 0.4) is 0 Å². The van der Waals surface area contributed by atoms with E-state index in [9.17, 15) is 4.79 Å². The van der Waals surface area contributed by atoms with Crippen molar-refractivity contribution in [2.75, 3.05) is 11.5 Å². The maximum atomic E-state index is 12.1. The number of rotatable bonds is 8. The Hall–Kier alpha value is -1.75. The molecule has 1 N–H and O–H groups in total. The molecule has 1 amide bonds. The normalized spacial score (nSPS) is 12.0. The van der Waals surface area contributed by atoms with Crippen LogP contribution in [0.4, 0.5) is 0 Å². The number of nitrogens with zero attached hydrogens (tertiary/aromatic N) is 2. The summed E-state index contributed by atoms with van der Waals surface area (Å²) >= 11 is 1.68. The highest BCUT2D eigenvalue weighted by atomic mass is 32.2. The van der Waals surface area contributed by atoms with Crippen LogP contribution in [0.25, 0.3) is 0 Å². The number of nitrogens with one attached hydrogen (secondary N) is 1. The van der Waals surface area contributed by atoms with Crippen molar-refractivity contribution >= 4 is 17.7 Å². The molecule has 0 spiro atoms. The minimum Gasteiger partial charge on any atom is -0.347 e. The predicted octanol–water partition coefficient (Wildman–Crippen LogP) is 2.88. The Balaban J connectivity index is 2.00. The number of benzene rings is 1. The predicted molar refractivity (Wildman–Crippen MR) is 87.2 cm³/mol. The molecule has 0 aliphatic heterocycles. The summed E-state index contributed by atoms with van der Waals surface area (Å²) in [5.74, 6) is 1.62. The van der Waals surface area contributed by atoms with E-state index in [-0.39, 0.29) is 11.9 Å². The zero-order valence-electron chi connectivity index (χ0n) is 12.2. The number of thioether (sulfide) groups is 1. The lowest BCUT2D eigenvalue weighted by molar-refractivity contribution is -0.119. The lowest BCUT2D eigenvalue weighted by atomic mass is 10.1. The van der Waals surface area contributed by atoms with Gasteiger partial charge < -0.3 is 9.88 Å². The molecule has 5 heteroatoms. The topological polar surface area (TPSA) is 46.9 Å². The molecule has 21 heavy (non-hydrogen) atoms. The quantitative estimate of drug-likeness (QED) is 0.763.